The first kappa shape index (κ1) is 30.4. The van der Waals surface area contributed by atoms with Crippen molar-refractivity contribution in [3.05, 3.63) is 18.4 Å². The van der Waals surface area contributed by atoms with Gasteiger partial charge >= 0.3 is 20.1 Å². The Balaban J connectivity index is -0.000000118. The zero-order chi connectivity index (χ0) is 15.0. The SMILES string of the molecule is C.CC1CC(C)C(C)C1C.O.[CH2-]C.[Ir+3].[NH-]C1CCCC[C@@H]1[NH-]. The van der Waals surface area contributed by atoms with Gasteiger partial charge < -0.3 is 23.9 Å². The molecule has 2 aliphatic rings. The van der Waals surface area contributed by atoms with Crippen molar-refractivity contribution in [2.45, 2.75) is 86.2 Å². The zero-order valence-corrected chi connectivity index (χ0v) is 16.9. The number of hydrogen-bond donors (Lipinski definition) is 0. The molecule has 6 atom stereocenters. The van der Waals surface area contributed by atoms with E-state index >= 15 is 0 Å². The van der Waals surface area contributed by atoms with Gasteiger partial charge in [0.05, 0.1) is 0 Å². The average Bonchev–Trinajstić information content (AvgIpc) is 2.63. The molecule has 0 radical (unpaired) electrons. The molecular formula is C18H41IrN2O. The van der Waals surface area contributed by atoms with Crippen LogP contribution >= 0.6 is 0 Å². The van der Waals surface area contributed by atoms with Gasteiger partial charge in [0.1, 0.15) is 0 Å². The third-order valence-electron chi connectivity index (χ3n) is 5.13. The minimum absolute atomic E-state index is 0. The Morgan fingerprint density at radius 1 is 0.773 bits per heavy atom. The molecule has 5 unspecified atom stereocenters. The summed E-state index contributed by atoms with van der Waals surface area (Å²) in [6.45, 7) is 14.5. The molecule has 0 aromatic carbocycles. The van der Waals surface area contributed by atoms with Crippen molar-refractivity contribution >= 4 is 0 Å². The quantitative estimate of drug-likeness (QED) is 0.372. The van der Waals surface area contributed by atoms with E-state index in [4.69, 9.17) is 11.5 Å². The van der Waals surface area contributed by atoms with E-state index in [0.29, 0.717) is 0 Å². The van der Waals surface area contributed by atoms with E-state index in [1.807, 2.05) is 0 Å². The van der Waals surface area contributed by atoms with E-state index in [1.54, 1.807) is 6.92 Å². The van der Waals surface area contributed by atoms with Gasteiger partial charge in [0.15, 0.2) is 0 Å². The number of hydrogen-bond acceptors (Lipinski definition) is 0. The summed E-state index contributed by atoms with van der Waals surface area (Å²) in [5, 5.41) is 0. The average molecular weight is 494 g/mol. The van der Waals surface area contributed by atoms with Crippen molar-refractivity contribution in [2.24, 2.45) is 23.7 Å². The van der Waals surface area contributed by atoms with Crippen LogP contribution in [-0.4, -0.2) is 17.6 Å². The molecule has 0 aromatic rings. The summed E-state index contributed by atoms with van der Waals surface area (Å²) in [5.74, 6) is 3.85. The first-order chi connectivity index (χ1) is 8.93. The van der Waals surface area contributed by atoms with Gasteiger partial charge in [-0.2, -0.15) is 19.0 Å². The monoisotopic (exact) mass is 494 g/mol. The van der Waals surface area contributed by atoms with E-state index in [-0.39, 0.29) is 45.1 Å². The molecule has 2 aliphatic carbocycles. The first-order valence-corrected chi connectivity index (χ1v) is 8.06. The van der Waals surface area contributed by atoms with Gasteiger partial charge in [0.25, 0.3) is 0 Å². The minimum atomic E-state index is -0.0799. The fourth-order valence-electron chi connectivity index (χ4n) is 3.18. The summed E-state index contributed by atoms with van der Waals surface area (Å²) in [6, 6.07) is -0.160. The van der Waals surface area contributed by atoms with Crippen LogP contribution in [0.2, 0.25) is 0 Å². The molecule has 138 valence electrons. The molecule has 0 bridgehead atoms. The second kappa shape index (κ2) is 16.4. The van der Waals surface area contributed by atoms with Gasteiger partial charge in [-0.25, -0.2) is 0 Å². The van der Waals surface area contributed by atoms with Crippen molar-refractivity contribution < 1.29 is 25.6 Å². The van der Waals surface area contributed by atoms with Crippen LogP contribution in [0, 0.1) is 30.6 Å². The standard InChI is InChI=1S/C9H18.C6H12N2.C2H5.CH4.Ir.H2O/c1-6-5-7(2)9(4)8(6)3;7-5-3-1-2-4-6(5)8;1-2;;;/h6-9H,5H2,1-4H3;5-8H,1-4H2;1H2,2H3;1H4;;1H2/q;-2;-1;;+3;/t;5-,6?;;;;/m.0..../s1. The van der Waals surface area contributed by atoms with E-state index in [2.05, 4.69) is 34.6 Å². The third-order valence-corrected chi connectivity index (χ3v) is 5.13. The van der Waals surface area contributed by atoms with Gasteiger partial charge in [0, 0.05) is 0 Å². The maximum absolute atomic E-state index is 7.29. The van der Waals surface area contributed by atoms with Crippen molar-refractivity contribution in [2.75, 3.05) is 0 Å². The van der Waals surface area contributed by atoms with Gasteiger partial charge in [-0.1, -0.05) is 60.8 Å². The summed E-state index contributed by atoms with van der Waals surface area (Å²) in [4.78, 5) is 0. The van der Waals surface area contributed by atoms with Gasteiger partial charge in [-0.3, -0.25) is 0 Å². The van der Waals surface area contributed by atoms with Crippen LogP contribution in [0.25, 0.3) is 11.5 Å². The maximum atomic E-state index is 7.29. The first-order valence-electron chi connectivity index (χ1n) is 8.06. The van der Waals surface area contributed by atoms with Crippen molar-refractivity contribution in [1.82, 2.24) is 0 Å². The maximum Gasteiger partial charge on any atom is 3.00 e. The van der Waals surface area contributed by atoms with Gasteiger partial charge in [0.2, 0.25) is 0 Å². The van der Waals surface area contributed by atoms with Crippen LogP contribution in [0.4, 0.5) is 0 Å². The predicted octanol–water partition coefficient (Wildman–Crippen LogP) is 5.99. The van der Waals surface area contributed by atoms with Crippen molar-refractivity contribution in [1.29, 1.82) is 0 Å². The Kier molecular flexibility index (Phi) is 22.7. The fourth-order valence-corrected chi connectivity index (χ4v) is 3.18. The molecule has 0 amide bonds. The Morgan fingerprint density at radius 3 is 1.18 bits per heavy atom. The molecule has 0 aliphatic heterocycles. The molecule has 2 saturated carbocycles. The van der Waals surface area contributed by atoms with Crippen LogP contribution in [0.5, 0.6) is 0 Å². The molecule has 0 aromatic heterocycles. The number of nitrogens with one attached hydrogen (secondary N) is 2. The molecule has 2 rings (SSSR count). The van der Waals surface area contributed by atoms with Gasteiger partial charge in [-0.05, 0) is 30.1 Å². The Morgan fingerprint density at radius 2 is 1.05 bits per heavy atom. The summed E-state index contributed by atoms with van der Waals surface area (Å²) in [5.41, 5.74) is 14.6. The van der Waals surface area contributed by atoms with E-state index < -0.39 is 0 Å². The second-order valence-corrected chi connectivity index (χ2v) is 6.41. The molecule has 22 heavy (non-hydrogen) atoms. The normalized spacial score (nSPS) is 36.0. The Labute approximate surface area is 154 Å². The Bertz CT molecular complexity index is 207. The minimum Gasteiger partial charge on any atom is -0.676 e. The van der Waals surface area contributed by atoms with E-state index in [9.17, 15) is 0 Å². The summed E-state index contributed by atoms with van der Waals surface area (Å²) >= 11 is 0. The molecule has 0 heterocycles. The molecule has 0 spiro atoms. The molecule has 4 heteroatoms. The smallest absolute Gasteiger partial charge is 0.676 e. The van der Waals surface area contributed by atoms with Crippen LogP contribution in [0.3, 0.4) is 0 Å². The van der Waals surface area contributed by atoms with Gasteiger partial charge in [-0.15, -0.1) is 0 Å². The molecule has 3 nitrogen and oxygen atoms in total. The summed E-state index contributed by atoms with van der Waals surface area (Å²) in [7, 11) is 0. The number of rotatable bonds is 0. The summed E-state index contributed by atoms with van der Waals surface area (Å²) < 4.78 is 0. The molecule has 2 fully saturated rings. The molecule has 0 saturated heterocycles. The largest absolute Gasteiger partial charge is 3.00 e. The van der Waals surface area contributed by atoms with Crippen molar-refractivity contribution in [3.8, 4) is 0 Å². The van der Waals surface area contributed by atoms with Crippen LogP contribution in [0.1, 0.15) is 74.1 Å². The van der Waals surface area contributed by atoms with Crippen molar-refractivity contribution in [3.63, 3.8) is 0 Å². The zero-order valence-electron chi connectivity index (χ0n) is 14.5. The molecule has 4 N–H and O–H groups in total. The fraction of sp³-hybridized carbons (Fsp3) is 0.944. The molecular weight excluding hydrogens is 452 g/mol. The van der Waals surface area contributed by atoms with Crippen LogP contribution < -0.4 is 0 Å². The predicted molar refractivity (Wildman–Crippen MR) is 97.3 cm³/mol. The second-order valence-electron chi connectivity index (χ2n) is 6.41. The third kappa shape index (κ3) is 10.3. The topological polar surface area (TPSA) is 79.1 Å². The van der Waals surface area contributed by atoms with E-state index in [0.717, 1.165) is 36.5 Å². The van der Waals surface area contributed by atoms with Crippen LogP contribution in [-0.2, 0) is 20.1 Å². The van der Waals surface area contributed by atoms with E-state index in [1.165, 1.54) is 19.3 Å². The summed E-state index contributed by atoms with van der Waals surface area (Å²) in [6.07, 6.45) is 5.69. The Hall–Kier alpha value is 0.529. The van der Waals surface area contributed by atoms with Crippen LogP contribution in [0.15, 0.2) is 0 Å².